The van der Waals surface area contributed by atoms with Gasteiger partial charge in [0.25, 0.3) is 21.2 Å². The first-order valence-corrected chi connectivity index (χ1v) is 13.1. The number of hydrogen-bond donors (Lipinski definition) is 5. The van der Waals surface area contributed by atoms with Crippen LogP contribution in [-0.2, 0) is 32.0 Å². The number of aliphatic hydroxyl groups excluding tert-OH is 4. The van der Waals surface area contributed by atoms with Gasteiger partial charge in [0.2, 0.25) is 0 Å². The number of aromatic amines is 1. The minimum Gasteiger partial charge on any atom is -0.756 e. The van der Waals surface area contributed by atoms with E-state index in [1.54, 1.807) is 0 Å². The van der Waals surface area contributed by atoms with Gasteiger partial charge < -0.3 is 44.2 Å². The number of aromatic nitrogens is 2. The number of halogens is 1. The lowest BCUT2D eigenvalue weighted by molar-refractivity contribution is -0.303. The summed E-state index contributed by atoms with van der Waals surface area (Å²) in [5, 5.41) is 39.1. The number of rotatable bonds is 9. The van der Waals surface area contributed by atoms with E-state index >= 15 is 0 Å². The van der Waals surface area contributed by atoms with Gasteiger partial charge in [-0.25, -0.2) is 13.5 Å². The Hall–Kier alpha value is -1.37. The topological polar surface area (TPSA) is 262 Å². The molecule has 0 aromatic carbocycles. The molecular weight excluding hydrogens is 541 g/mol. The average Bonchev–Trinajstić information content (AvgIpc) is 3.14. The number of phosphoric acid groups is 2. The number of nitrogens with one attached hydrogen (secondary N) is 1. The number of aliphatic hydroxyl groups is 4. The van der Waals surface area contributed by atoms with Crippen molar-refractivity contribution in [1.29, 1.82) is 0 Å². The van der Waals surface area contributed by atoms with Crippen LogP contribution >= 0.6 is 15.6 Å². The van der Waals surface area contributed by atoms with Crippen molar-refractivity contribution in [2.24, 2.45) is 0 Å². The highest BCUT2D eigenvalue weighted by molar-refractivity contribution is 7.59. The summed E-state index contributed by atoms with van der Waals surface area (Å²) in [5.41, 5.74) is -1.34. The van der Waals surface area contributed by atoms with E-state index in [0.717, 1.165) is 4.57 Å². The van der Waals surface area contributed by atoms with Gasteiger partial charge in [-0.1, -0.05) is 0 Å². The molecule has 10 atom stereocenters. The summed E-state index contributed by atoms with van der Waals surface area (Å²) in [6.07, 6.45) is -13.3. The largest absolute Gasteiger partial charge is 0.756 e. The maximum atomic E-state index is 12.9. The normalized spacial score (nSPS) is 36.3. The highest BCUT2D eigenvalue weighted by Gasteiger charge is 2.46. The summed E-state index contributed by atoms with van der Waals surface area (Å²) in [6, 6.07) is 0. The highest BCUT2D eigenvalue weighted by atomic mass is 31.3. The fourth-order valence-corrected chi connectivity index (χ4v) is 5.50. The van der Waals surface area contributed by atoms with Crippen molar-refractivity contribution in [3.05, 3.63) is 32.6 Å². The van der Waals surface area contributed by atoms with Gasteiger partial charge in [-0.2, -0.15) is 0 Å². The van der Waals surface area contributed by atoms with Crippen molar-refractivity contribution in [3.8, 4) is 0 Å². The Kier molecular flexibility index (Phi) is 9.05. The predicted molar refractivity (Wildman–Crippen MR) is 107 cm³/mol. The second-order valence-electron chi connectivity index (χ2n) is 7.96. The molecule has 0 aliphatic carbocycles. The van der Waals surface area contributed by atoms with Crippen LogP contribution in [-0.4, -0.2) is 86.2 Å². The first-order valence-electron chi connectivity index (χ1n) is 10.2. The maximum Gasteiger partial charge on any atom is 0.330 e. The van der Waals surface area contributed by atoms with E-state index in [2.05, 4.69) is 18.1 Å². The van der Waals surface area contributed by atoms with Crippen LogP contribution in [0.1, 0.15) is 18.2 Å². The van der Waals surface area contributed by atoms with E-state index in [0.29, 0.717) is 0 Å². The first kappa shape index (κ1) is 29.2. The molecule has 0 bridgehead atoms. The van der Waals surface area contributed by atoms with Gasteiger partial charge in [-0.15, -0.1) is 0 Å². The standard InChI is InChI=1S/C16H25FN2O15P2/c1-6-4-19(16(25)18-14(6)24)10-2-7(20)9(31-10)5-30-35(26,27)34-36(28,29)33-15-13(23)12(22)11(21)8(3-17)32-15/h4,7-13,15,20-23H,2-3,5H2,1H3,(H,26,27)(H,28,29)(H,18,24,25)/p-2/t7-,8+,9+,10+,11+,12-,13+,15+/m0/s1. The van der Waals surface area contributed by atoms with Crippen LogP contribution in [0.25, 0.3) is 0 Å². The summed E-state index contributed by atoms with van der Waals surface area (Å²) in [7, 11) is -11.6. The maximum absolute atomic E-state index is 12.9. The smallest absolute Gasteiger partial charge is 0.330 e. The molecule has 36 heavy (non-hydrogen) atoms. The third-order valence-electron chi connectivity index (χ3n) is 5.31. The monoisotopic (exact) mass is 564 g/mol. The third-order valence-corrected chi connectivity index (χ3v) is 7.84. The summed E-state index contributed by atoms with van der Waals surface area (Å²) >= 11 is 0. The molecule has 2 unspecified atom stereocenters. The molecule has 5 N–H and O–H groups in total. The van der Waals surface area contributed by atoms with Gasteiger partial charge in [0.1, 0.15) is 43.4 Å². The lowest BCUT2D eigenvalue weighted by Crippen LogP contribution is -2.58. The SMILES string of the molecule is Cc1cn([C@H]2C[C@H](O)[C@@H](COP(=O)([O-])OP(=O)([O-])O[C@H]3O[C@H](CF)[C@@H](O)[C@H](O)[C@H]3O)O2)c(=O)[nH]c1=O. The fraction of sp³-hybridized carbons (Fsp3) is 0.750. The van der Waals surface area contributed by atoms with Crippen LogP contribution < -0.4 is 21.0 Å². The number of ether oxygens (including phenoxy) is 2. The van der Waals surface area contributed by atoms with Crippen LogP contribution in [0, 0.1) is 6.92 Å². The van der Waals surface area contributed by atoms with Crippen molar-refractivity contribution in [1.82, 2.24) is 9.55 Å². The molecule has 3 heterocycles. The van der Waals surface area contributed by atoms with E-state index < -0.39 is 89.3 Å². The van der Waals surface area contributed by atoms with Crippen LogP contribution in [0.4, 0.5) is 4.39 Å². The Bertz CT molecular complexity index is 1140. The van der Waals surface area contributed by atoms with Crippen LogP contribution in [0.2, 0.25) is 0 Å². The van der Waals surface area contributed by atoms with Crippen LogP contribution in [0.5, 0.6) is 0 Å². The molecule has 0 saturated carbocycles. The Balaban J connectivity index is 1.59. The van der Waals surface area contributed by atoms with Gasteiger partial charge in [0.15, 0.2) is 6.29 Å². The zero-order valence-electron chi connectivity index (χ0n) is 18.3. The first-order chi connectivity index (χ1) is 16.6. The summed E-state index contributed by atoms with van der Waals surface area (Å²) < 4.78 is 60.4. The van der Waals surface area contributed by atoms with E-state index in [1.165, 1.54) is 13.1 Å². The Morgan fingerprint density at radius 1 is 1.11 bits per heavy atom. The Morgan fingerprint density at radius 3 is 2.42 bits per heavy atom. The minimum atomic E-state index is -5.89. The molecule has 2 fully saturated rings. The highest BCUT2D eigenvalue weighted by Crippen LogP contribution is 2.57. The Labute approximate surface area is 200 Å². The number of H-pyrrole nitrogens is 1. The predicted octanol–water partition coefficient (Wildman–Crippen LogP) is -3.74. The molecular formula is C16H23FN2O15P2-2. The molecule has 0 amide bonds. The Morgan fingerprint density at radius 2 is 1.78 bits per heavy atom. The van der Waals surface area contributed by atoms with E-state index in [9.17, 15) is 53.3 Å². The summed E-state index contributed by atoms with van der Waals surface area (Å²) in [6.45, 7) is -0.965. The minimum absolute atomic E-state index is 0.156. The van der Waals surface area contributed by atoms with Crippen LogP contribution in [0.3, 0.4) is 0 Å². The lowest BCUT2D eigenvalue weighted by Gasteiger charge is -2.41. The zero-order valence-corrected chi connectivity index (χ0v) is 20.1. The van der Waals surface area contributed by atoms with Crippen LogP contribution in [0.15, 0.2) is 15.8 Å². The molecule has 20 heteroatoms. The number of nitrogens with zero attached hydrogens (tertiary/aromatic N) is 1. The molecule has 1 aromatic heterocycles. The number of alkyl halides is 1. The van der Waals surface area contributed by atoms with Crippen molar-refractivity contribution in [2.45, 2.75) is 62.5 Å². The molecule has 17 nitrogen and oxygen atoms in total. The molecule has 0 radical (unpaired) electrons. The second kappa shape index (κ2) is 11.2. The number of hydrogen-bond acceptors (Lipinski definition) is 15. The van der Waals surface area contributed by atoms with Crippen molar-refractivity contribution in [3.63, 3.8) is 0 Å². The zero-order chi connectivity index (χ0) is 27.0. The van der Waals surface area contributed by atoms with E-state index in [-0.39, 0.29) is 12.0 Å². The van der Waals surface area contributed by atoms with Gasteiger partial charge in [-0.3, -0.25) is 28.0 Å². The summed E-state index contributed by atoms with van der Waals surface area (Å²) in [4.78, 5) is 49.5. The quantitative estimate of drug-likeness (QED) is 0.180. The molecule has 1 aromatic rings. The molecule has 2 saturated heterocycles. The number of aryl methyl sites for hydroxylation is 1. The molecule has 206 valence electrons. The summed E-state index contributed by atoms with van der Waals surface area (Å²) in [5.74, 6) is 0. The third kappa shape index (κ3) is 6.73. The molecule has 0 spiro atoms. The molecule has 3 rings (SSSR count). The lowest BCUT2D eigenvalue weighted by atomic mass is 10.00. The van der Waals surface area contributed by atoms with E-state index in [1.807, 2.05) is 4.98 Å². The van der Waals surface area contributed by atoms with Gasteiger partial charge >= 0.3 is 5.69 Å². The van der Waals surface area contributed by atoms with Crippen molar-refractivity contribution < 1.29 is 66.6 Å². The van der Waals surface area contributed by atoms with Gasteiger partial charge in [-0.05, 0) is 6.92 Å². The molecule has 2 aliphatic rings. The van der Waals surface area contributed by atoms with Crippen molar-refractivity contribution >= 4 is 15.6 Å². The molecule has 2 aliphatic heterocycles. The van der Waals surface area contributed by atoms with Gasteiger partial charge in [0, 0.05) is 18.2 Å². The van der Waals surface area contributed by atoms with Gasteiger partial charge in [0.05, 0.1) is 12.7 Å². The van der Waals surface area contributed by atoms with Crippen molar-refractivity contribution in [2.75, 3.05) is 13.3 Å². The second-order valence-corrected chi connectivity index (χ2v) is 10.9. The average molecular weight is 564 g/mol. The van der Waals surface area contributed by atoms with E-state index in [4.69, 9.17) is 4.74 Å². The number of phosphoric ester groups is 2. The fourth-order valence-electron chi connectivity index (χ4n) is 3.42.